The molecule has 6 heteroatoms. The Hall–Kier alpha value is -2.40. The van der Waals surface area contributed by atoms with Gasteiger partial charge in [0.25, 0.3) is 11.8 Å². The number of pyridine rings is 1. The summed E-state index contributed by atoms with van der Waals surface area (Å²) in [6.45, 7) is 0.304. The van der Waals surface area contributed by atoms with Crippen molar-refractivity contribution >= 4 is 23.4 Å². The Morgan fingerprint density at radius 3 is 2.52 bits per heavy atom. The van der Waals surface area contributed by atoms with E-state index in [0.29, 0.717) is 17.1 Å². The minimum Gasteiger partial charge on any atom is -0.349 e. The molecule has 0 aliphatic heterocycles. The lowest BCUT2D eigenvalue weighted by atomic mass is 10.1. The topological polar surface area (TPSA) is 71.1 Å². The van der Waals surface area contributed by atoms with Crippen LogP contribution in [-0.4, -0.2) is 22.8 Å². The number of carbonyl (C=O) groups excluding carboxylic acids is 2. The average Bonchev–Trinajstić information content (AvgIpc) is 2.96. The van der Waals surface area contributed by atoms with Crippen LogP contribution in [0.4, 0.5) is 0 Å². The highest BCUT2D eigenvalue weighted by molar-refractivity contribution is 6.31. The lowest BCUT2D eigenvalue weighted by molar-refractivity contribution is 0.0933. The summed E-state index contributed by atoms with van der Waals surface area (Å²) in [6, 6.07) is 10.7. The number of benzene rings is 1. The summed E-state index contributed by atoms with van der Waals surface area (Å²) in [7, 11) is 0. The molecule has 27 heavy (non-hydrogen) atoms. The standard InChI is InChI=1S/C21H24ClN3O2/c22-18-10-6-5-7-16(18)14-24-21(27)19-13-15(11-12-23-19)20(26)25-17-8-3-1-2-4-9-17/h5-7,10-13,17H,1-4,8-9,14H2,(H,24,27)(H,25,26). The van der Waals surface area contributed by atoms with Crippen LogP contribution in [-0.2, 0) is 6.54 Å². The fraction of sp³-hybridized carbons (Fsp3) is 0.381. The van der Waals surface area contributed by atoms with E-state index in [2.05, 4.69) is 15.6 Å². The smallest absolute Gasteiger partial charge is 0.270 e. The molecule has 1 aliphatic carbocycles. The van der Waals surface area contributed by atoms with E-state index in [1.54, 1.807) is 12.1 Å². The third-order valence-electron chi connectivity index (χ3n) is 4.84. The quantitative estimate of drug-likeness (QED) is 0.760. The number of nitrogens with zero attached hydrogens (tertiary/aromatic N) is 1. The number of nitrogens with one attached hydrogen (secondary N) is 2. The molecule has 0 bridgehead atoms. The van der Waals surface area contributed by atoms with Crippen LogP contribution in [0.2, 0.25) is 5.02 Å². The van der Waals surface area contributed by atoms with Gasteiger partial charge in [-0.1, -0.05) is 55.5 Å². The number of amides is 2. The highest BCUT2D eigenvalue weighted by atomic mass is 35.5. The second-order valence-electron chi connectivity index (χ2n) is 6.87. The van der Waals surface area contributed by atoms with Gasteiger partial charge in [0.15, 0.2) is 0 Å². The zero-order chi connectivity index (χ0) is 19.1. The van der Waals surface area contributed by atoms with Crippen LogP contribution in [0.15, 0.2) is 42.6 Å². The van der Waals surface area contributed by atoms with Crippen molar-refractivity contribution in [2.24, 2.45) is 0 Å². The fourth-order valence-corrected chi connectivity index (χ4v) is 3.50. The molecule has 142 valence electrons. The van der Waals surface area contributed by atoms with Crippen LogP contribution in [0, 0.1) is 0 Å². The van der Waals surface area contributed by atoms with Gasteiger partial charge in [0.2, 0.25) is 0 Å². The van der Waals surface area contributed by atoms with Crippen molar-refractivity contribution in [2.45, 2.75) is 51.1 Å². The van der Waals surface area contributed by atoms with Crippen LogP contribution in [0.5, 0.6) is 0 Å². The maximum absolute atomic E-state index is 12.5. The van der Waals surface area contributed by atoms with Crippen LogP contribution in [0.1, 0.15) is 64.9 Å². The first-order valence-electron chi connectivity index (χ1n) is 9.42. The van der Waals surface area contributed by atoms with Crippen LogP contribution < -0.4 is 10.6 Å². The van der Waals surface area contributed by atoms with Crippen molar-refractivity contribution in [3.05, 3.63) is 64.4 Å². The predicted molar refractivity (Wildman–Crippen MR) is 106 cm³/mol. The second-order valence-corrected chi connectivity index (χ2v) is 7.27. The van der Waals surface area contributed by atoms with Gasteiger partial charge < -0.3 is 10.6 Å². The molecule has 2 aromatic rings. The Balaban J connectivity index is 1.61. The number of aromatic nitrogens is 1. The zero-order valence-electron chi connectivity index (χ0n) is 15.2. The number of rotatable bonds is 5. The summed E-state index contributed by atoms with van der Waals surface area (Å²) in [5, 5.41) is 6.48. The first kappa shape index (κ1) is 19.4. The molecular formula is C21H24ClN3O2. The van der Waals surface area contributed by atoms with Gasteiger partial charge in [0.1, 0.15) is 5.69 Å². The number of carbonyl (C=O) groups is 2. The van der Waals surface area contributed by atoms with Gasteiger partial charge >= 0.3 is 0 Å². The van der Waals surface area contributed by atoms with Crippen molar-refractivity contribution in [3.8, 4) is 0 Å². The number of hydrogen-bond acceptors (Lipinski definition) is 3. The molecule has 0 radical (unpaired) electrons. The molecule has 2 N–H and O–H groups in total. The normalized spacial score (nSPS) is 15.0. The molecule has 1 aromatic heterocycles. The maximum Gasteiger partial charge on any atom is 0.270 e. The van der Waals surface area contributed by atoms with Crippen molar-refractivity contribution < 1.29 is 9.59 Å². The Morgan fingerprint density at radius 2 is 1.78 bits per heavy atom. The van der Waals surface area contributed by atoms with E-state index in [0.717, 1.165) is 31.2 Å². The Morgan fingerprint density at radius 1 is 1.04 bits per heavy atom. The van der Waals surface area contributed by atoms with Crippen LogP contribution in [0.3, 0.4) is 0 Å². The largest absolute Gasteiger partial charge is 0.349 e. The molecule has 0 spiro atoms. The molecule has 1 fully saturated rings. The molecule has 0 saturated heterocycles. The summed E-state index contributed by atoms with van der Waals surface area (Å²) in [5.41, 5.74) is 1.50. The molecular weight excluding hydrogens is 362 g/mol. The SMILES string of the molecule is O=C(NC1CCCCCC1)c1ccnc(C(=O)NCc2ccccc2Cl)c1. The molecule has 1 heterocycles. The van der Waals surface area contributed by atoms with E-state index in [1.165, 1.54) is 25.1 Å². The number of hydrogen-bond donors (Lipinski definition) is 2. The zero-order valence-corrected chi connectivity index (χ0v) is 16.0. The Bertz CT molecular complexity index is 802. The molecule has 5 nitrogen and oxygen atoms in total. The van der Waals surface area contributed by atoms with Gasteiger partial charge in [-0.2, -0.15) is 0 Å². The van der Waals surface area contributed by atoms with E-state index < -0.39 is 0 Å². The van der Waals surface area contributed by atoms with E-state index in [-0.39, 0.29) is 23.6 Å². The second kappa shape index (κ2) is 9.51. The summed E-state index contributed by atoms with van der Waals surface area (Å²) in [5.74, 6) is -0.483. The van der Waals surface area contributed by atoms with E-state index in [1.807, 2.05) is 18.2 Å². The summed E-state index contributed by atoms with van der Waals surface area (Å²) in [4.78, 5) is 29.0. The Kier molecular flexibility index (Phi) is 6.82. The highest BCUT2D eigenvalue weighted by Gasteiger charge is 2.17. The highest BCUT2D eigenvalue weighted by Crippen LogP contribution is 2.18. The minimum absolute atomic E-state index is 0.149. The Labute approximate surface area is 164 Å². The molecule has 1 saturated carbocycles. The van der Waals surface area contributed by atoms with Gasteiger partial charge in [-0.25, -0.2) is 0 Å². The van der Waals surface area contributed by atoms with Gasteiger partial charge in [-0.3, -0.25) is 14.6 Å². The lowest BCUT2D eigenvalue weighted by Crippen LogP contribution is -2.34. The summed E-state index contributed by atoms with van der Waals surface area (Å²) in [6.07, 6.45) is 8.29. The average molecular weight is 386 g/mol. The molecule has 1 aliphatic rings. The number of halogens is 1. The molecule has 0 atom stereocenters. The van der Waals surface area contributed by atoms with E-state index in [4.69, 9.17) is 11.6 Å². The van der Waals surface area contributed by atoms with Crippen molar-refractivity contribution in [2.75, 3.05) is 0 Å². The molecule has 3 rings (SSSR count). The van der Waals surface area contributed by atoms with Gasteiger partial charge in [-0.15, -0.1) is 0 Å². The van der Waals surface area contributed by atoms with Crippen molar-refractivity contribution in [1.29, 1.82) is 0 Å². The van der Waals surface area contributed by atoms with Gasteiger partial charge in [-0.05, 0) is 36.6 Å². The molecule has 0 unspecified atom stereocenters. The maximum atomic E-state index is 12.5. The first-order valence-corrected chi connectivity index (χ1v) is 9.80. The van der Waals surface area contributed by atoms with Crippen molar-refractivity contribution in [3.63, 3.8) is 0 Å². The van der Waals surface area contributed by atoms with E-state index in [9.17, 15) is 9.59 Å². The lowest BCUT2D eigenvalue weighted by Gasteiger charge is -2.16. The molecule has 1 aromatic carbocycles. The van der Waals surface area contributed by atoms with E-state index >= 15 is 0 Å². The van der Waals surface area contributed by atoms with Gasteiger partial charge in [0.05, 0.1) is 0 Å². The third-order valence-corrected chi connectivity index (χ3v) is 5.21. The first-order chi connectivity index (χ1) is 13.1. The fourth-order valence-electron chi connectivity index (χ4n) is 3.30. The monoisotopic (exact) mass is 385 g/mol. The third kappa shape index (κ3) is 5.54. The molecule has 2 amide bonds. The van der Waals surface area contributed by atoms with Crippen molar-refractivity contribution in [1.82, 2.24) is 15.6 Å². The summed E-state index contributed by atoms with van der Waals surface area (Å²) >= 11 is 6.10. The minimum atomic E-state index is -0.334. The van der Waals surface area contributed by atoms with Crippen LogP contribution in [0.25, 0.3) is 0 Å². The predicted octanol–water partition coefficient (Wildman–Crippen LogP) is 4.12. The summed E-state index contributed by atoms with van der Waals surface area (Å²) < 4.78 is 0. The van der Waals surface area contributed by atoms with Gasteiger partial charge in [0, 0.05) is 29.4 Å². The van der Waals surface area contributed by atoms with Crippen LogP contribution >= 0.6 is 11.6 Å².